The largest absolute Gasteiger partial charge is 0.477 e. The molecule has 0 amide bonds. The fraction of sp³-hybridized carbons (Fsp3) is 0.261. The smallest absolute Gasteiger partial charge is 0.373 e. The molecule has 0 fully saturated rings. The number of pyridine rings is 1. The second kappa shape index (κ2) is 8.35. The Kier molecular flexibility index (Phi) is 5.85. The van der Waals surface area contributed by atoms with Gasteiger partial charge in [-0.05, 0) is 54.7 Å². The number of carbonyl (C=O) groups excluding carboxylic acids is 2. The van der Waals surface area contributed by atoms with E-state index in [1.54, 1.807) is 6.26 Å². The molecule has 1 atom stereocenters. The van der Waals surface area contributed by atoms with Crippen molar-refractivity contribution in [3.63, 3.8) is 0 Å². The van der Waals surface area contributed by atoms with Crippen LogP contribution >= 0.6 is 0 Å². The molecule has 0 saturated heterocycles. The van der Waals surface area contributed by atoms with Gasteiger partial charge in [0.1, 0.15) is 11.3 Å². The summed E-state index contributed by atoms with van der Waals surface area (Å²) < 4.78 is 7.54. The zero-order valence-electron chi connectivity index (χ0n) is 16.8. The summed E-state index contributed by atoms with van der Waals surface area (Å²) in [6.45, 7) is 6.24. The second-order valence-corrected chi connectivity index (χ2v) is 7.55. The lowest BCUT2D eigenvalue weighted by Crippen LogP contribution is -2.28. The minimum absolute atomic E-state index is 0.0818. The van der Waals surface area contributed by atoms with Crippen LogP contribution in [-0.4, -0.2) is 21.8 Å². The van der Waals surface area contributed by atoms with E-state index in [4.69, 9.17) is 14.0 Å². The van der Waals surface area contributed by atoms with Crippen LogP contribution in [0.2, 0.25) is 0 Å². The Morgan fingerprint density at radius 3 is 2.50 bits per heavy atom. The summed E-state index contributed by atoms with van der Waals surface area (Å²) in [7, 11) is 0. The third-order valence-corrected chi connectivity index (χ3v) is 5.38. The van der Waals surface area contributed by atoms with Crippen LogP contribution in [0, 0.1) is 12.8 Å². The van der Waals surface area contributed by atoms with E-state index in [0.29, 0.717) is 0 Å². The van der Waals surface area contributed by atoms with Crippen molar-refractivity contribution in [1.82, 2.24) is 4.57 Å². The summed E-state index contributed by atoms with van der Waals surface area (Å²) in [5.41, 5.74) is 4.35. The van der Waals surface area contributed by atoms with Gasteiger partial charge in [0.15, 0.2) is 5.43 Å². The highest BCUT2D eigenvalue weighted by molar-refractivity contribution is 5.88. The first-order chi connectivity index (χ1) is 14.3. The van der Waals surface area contributed by atoms with Crippen LogP contribution in [0.15, 0.2) is 52.0 Å². The maximum absolute atomic E-state index is 12.3. The molecule has 0 radical (unpaired) electrons. The number of hydrogen-bond donors (Lipinski definition) is 1. The van der Waals surface area contributed by atoms with Crippen molar-refractivity contribution in [1.29, 1.82) is 0 Å². The predicted octanol–water partition coefficient (Wildman–Crippen LogP) is 3.95. The highest BCUT2D eigenvalue weighted by Gasteiger charge is 2.28. The zero-order chi connectivity index (χ0) is 22.0. The highest BCUT2D eigenvalue weighted by Crippen LogP contribution is 2.40. The summed E-state index contributed by atoms with van der Waals surface area (Å²) in [6.07, 6.45) is 4.19. The molecule has 0 bridgehead atoms. The van der Waals surface area contributed by atoms with Crippen molar-refractivity contribution in [2.75, 3.05) is 0 Å². The van der Waals surface area contributed by atoms with E-state index < -0.39 is 11.4 Å². The van der Waals surface area contributed by atoms with Gasteiger partial charge < -0.3 is 14.1 Å². The van der Waals surface area contributed by atoms with E-state index in [1.807, 2.05) is 23.6 Å². The van der Waals surface area contributed by atoms with Gasteiger partial charge in [0.05, 0.1) is 12.0 Å². The summed E-state index contributed by atoms with van der Waals surface area (Å²) >= 11 is 0. The lowest BCUT2D eigenvalue weighted by molar-refractivity contribution is -0.191. The summed E-state index contributed by atoms with van der Waals surface area (Å²) in [5.74, 6) is -0.0806. The Balaban J connectivity index is 0.000000806. The molecule has 3 aromatic rings. The fourth-order valence-electron chi connectivity index (χ4n) is 3.94. The van der Waals surface area contributed by atoms with Crippen molar-refractivity contribution >= 4 is 12.1 Å². The minimum Gasteiger partial charge on any atom is -0.477 e. The van der Waals surface area contributed by atoms with E-state index >= 15 is 0 Å². The van der Waals surface area contributed by atoms with Crippen LogP contribution in [-0.2, 0) is 16.0 Å². The number of rotatable bonds is 3. The Bertz CT molecular complexity index is 1180. The number of furan rings is 1. The van der Waals surface area contributed by atoms with Crippen LogP contribution in [0.3, 0.4) is 0 Å². The van der Waals surface area contributed by atoms with Crippen LogP contribution in [0.1, 0.15) is 41.4 Å². The van der Waals surface area contributed by atoms with Crippen molar-refractivity contribution in [2.45, 2.75) is 33.2 Å². The van der Waals surface area contributed by atoms with Crippen molar-refractivity contribution in [2.24, 2.45) is 5.92 Å². The molecule has 30 heavy (non-hydrogen) atoms. The van der Waals surface area contributed by atoms with Crippen LogP contribution in [0.25, 0.3) is 22.6 Å². The van der Waals surface area contributed by atoms with Crippen molar-refractivity contribution < 1.29 is 23.9 Å². The Morgan fingerprint density at radius 2 is 1.93 bits per heavy atom. The van der Waals surface area contributed by atoms with Gasteiger partial charge in [0, 0.05) is 29.4 Å². The molecule has 1 aliphatic rings. The van der Waals surface area contributed by atoms with Crippen LogP contribution in [0.4, 0.5) is 0 Å². The number of fused-ring (bicyclic) bond motifs is 3. The van der Waals surface area contributed by atoms with Gasteiger partial charge in [0.2, 0.25) is 0 Å². The third kappa shape index (κ3) is 3.75. The number of carboxylic acids is 1. The van der Waals surface area contributed by atoms with Gasteiger partial charge in [-0.25, -0.2) is 4.79 Å². The molecule has 1 aromatic carbocycles. The summed E-state index contributed by atoms with van der Waals surface area (Å²) in [6, 6.07) is 9.55. The normalized spacial score (nSPS) is 14.2. The van der Waals surface area contributed by atoms with Crippen molar-refractivity contribution in [3.05, 3.63) is 69.7 Å². The lowest BCUT2D eigenvalue weighted by Gasteiger charge is -2.33. The molecular formula is C23H21NO6. The van der Waals surface area contributed by atoms with E-state index in [-0.39, 0.29) is 23.7 Å². The number of carbonyl (C=O) groups is 1. The van der Waals surface area contributed by atoms with Gasteiger partial charge in [-0.15, -0.1) is 0 Å². The molecule has 1 N–H and O–H groups in total. The Hall–Kier alpha value is -3.70. The number of aryl methyl sites for hydroxylation is 1. The van der Waals surface area contributed by atoms with E-state index in [0.717, 1.165) is 40.1 Å². The molecule has 0 spiro atoms. The lowest BCUT2D eigenvalue weighted by atomic mass is 9.85. The molecule has 0 aliphatic carbocycles. The molecule has 2 aromatic heterocycles. The molecule has 1 unspecified atom stereocenters. The number of benzene rings is 1. The number of nitrogens with zero attached hydrogens (tertiary/aromatic N) is 1. The first-order valence-electron chi connectivity index (χ1n) is 9.45. The molecule has 7 nitrogen and oxygen atoms in total. The number of aromatic nitrogens is 1. The van der Waals surface area contributed by atoms with Crippen LogP contribution in [0.5, 0.6) is 0 Å². The zero-order valence-corrected chi connectivity index (χ0v) is 16.8. The second-order valence-electron chi connectivity index (χ2n) is 7.55. The number of aromatic carboxylic acids is 1. The van der Waals surface area contributed by atoms with Crippen molar-refractivity contribution in [3.8, 4) is 22.6 Å². The first kappa shape index (κ1) is 21.0. The number of hydrogen-bond acceptors (Lipinski definition) is 5. The van der Waals surface area contributed by atoms with Gasteiger partial charge in [-0.2, -0.15) is 9.59 Å². The molecular weight excluding hydrogens is 386 g/mol. The minimum atomic E-state index is -1.19. The van der Waals surface area contributed by atoms with Gasteiger partial charge in [0.25, 0.3) is 0 Å². The van der Waals surface area contributed by atoms with E-state index in [2.05, 4.69) is 26.0 Å². The summed E-state index contributed by atoms with van der Waals surface area (Å²) in [4.78, 5) is 40.0. The summed E-state index contributed by atoms with van der Waals surface area (Å²) in [5, 5.41) is 9.35. The maximum Gasteiger partial charge on any atom is 0.373 e. The van der Waals surface area contributed by atoms with Gasteiger partial charge >= 0.3 is 12.1 Å². The number of carboxylic acid groups (broad SMARTS) is 1. The van der Waals surface area contributed by atoms with Gasteiger partial charge in [-0.3, -0.25) is 4.79 Å². The average molecular weight is 407 g/mol. The highest BCUT2D eigenvalue weighted by atomic mass is 16.4. The van der Waals surface area contributed by atoms with Gasteiger partial charge in [-0.1, -0.05) is 13.8 Å². The molecule has 3 heterocycles. The average Bonchev–Trinajstić information content (AvgIpc) is 3.21. The van der Waals surface area contributed by atoms with E-state index in [1.165, 1.54) is 12.3 Å². The standard InChI is InChI=1S/C22H21NO4.CO2/c1-12(2)18-9-14-8-15(21-5-4-6-27-21)13(3)7-16(14)19-10-20(24)17(22(25)26)11-23(18)19;2-1-3/h4-8,10-12,18H,9H2,1-3H3,(H,25,26);. The fourth-order valence-corrected chi connectivity index (χ4v) is 3.94. The molecule has 0 saturated carbocycles. The molecule has 4 rings (SSSR count). The monoisotopic (exact) mass is 407 g/mol. The molecule has 154 valence electrons. The molecule has 1 aliphatic heterocycles. The first-order valence-corrected chi connectivity index (χ1v) is 9.45. The Labute approximate surface area is 172 Å². The quantitative estimate of drug-likeness (QED) is 0.704. The van der Waals surface area contributed by atoms with E-state index in [9.17, 15) is 14.7 Å². The van der Waals surface area contributed by atoms with Crippen LogP contribution < -0.4 is 5.43 Å². The maximum atomic E-state index is 12.3. The topological polar surface area (TPSA) is 107 Å². The molecule has 7 heteroatoms. The SMILES string of the molecule is Cc1cc2c(cc1-c1ccco1)CC(C(C)C)n1cc(C(=O)O)c(=O)cc1-2.O=C=O. The third-order valence-electron chi connectivity index (χ3n) is 5.38. The Morgan fingerprint density at radius 1 is 1.23 bits per heavy atom. The predicted molar refractivity (Wildman–Crippen MR) is 108 cm³/mol.